The van der Waals surface area contributed by atoms with Crippen LogP contribution in [0.4, 0.5) is 0 Å². The predicted octanol–water partition coefficient (Wildman–Crippen LogP) is 2.93. The van der Waals surface area contributed by atoms with Crippen LogP contribution in [0.5, 0.6) is 0 Å². The number of benzene rings is 1. The topological polar surface area (TPSA) is 64.1 Å². The zero-order valence-corrected chi connectivity index (χ0v) is 13.8. The molecule has 0 aliphatic heterocycles. The lowest BCUT2D eigenvalue weighted by Gasteiger charge is -2.16. The number of hydrogen-bond donors (Lipinski definition) is 1. The summed E-state index contributed by atoms with van der Waals surface area (Å²) in [6.07, 6.45) is 4.88. The molecule has 0 aliphatic rings. The molecular weight excluding hydrogens is 290 g/mol. The molecule has 1 heterocycles. The summed E-state index contributed by atoms with van der Waals surface area (Å²) in [5.74, 6) is 0.363. The average Bonchev–Trinajstić information content (AvgIpc) is 2.55. The molecule has 0 unspecified atom stereocenters. The summed E-state index contributed by atoms with van der Waals surface area (Å²) in [6, 6.07) is 7.39. The Morgan fingerprint density at radius 3 is 2.52 bits per heavy atom. The Morgan fingerprint density at radius 1 is 1.13 bits per heavy atom. The summed E-state index contributed by atoms with van der Waals surface area (Å²) in [5, 5.41) is 2.98. The Kier molecular flexibility index (Phi) is 6.23. The Morgan fingerprint density at radius 2 is 1.83 bits per heavy atom. The van der Waals surface area contributed by atoms with E-state index in [1.54, 1.807) is 18.5 Å². The molecule has 0 saturated carbocycles. The maximum atomic E-state index is 12.5. The summed E-state index contributed by atoms with van der Waals surface area (Å²) >= 11 is 0. The smallest absolute Gasteiger partial charge is 0.252 e. The van der Waals surface area contributed by atoms with Crippen molar-refractivity contribution in [3.05, 3.63) is 48.5 Å². The van der Waals surface area contributed by atoms with E-state index in [1.165, 1.54) is 6.33 Å². The van der Waals surface area contributed by atoms with Gasteiger partial charge < -0.3 is 10.1 Å². The van der Waals surface area contributed by atoms with Crippen LogP contribution in [0.2, 0.25) is 0 Å². The second-order valence-corrected chi connectivity index (χ2v) is 5.98. The first-order valence-electron chi connectivity index (χ1n) is 7.81. The molecule has 23 heavy (non-hydrogen) atoms. The molecule has 1 N–H and O–H groups in total. The number of nitrogens with zero attached hydrogens (tertiary/aromatic N) is 2. The van der Waals surface area contributed by atoms with Gasteiger partial charge >= 0.3 is 0 Å². The molecule has 1 aromatic carbocycles. The Hall–Kier alpha value is -2.27. The normalized spacial score (nSPS) is 12.2. The van der Waals surface area contributed by atoms with Gasteiger partial charge in [-0.3, -0.25) is 4.79 Å². The first-order chi connectivity index (χ1) is 11.1. The zero-order valence-electron chi connectivity index (χ0n) is 13.8. The highest BCUT2D eigenvalue weighted by atomic mass is 16.5. The van der Waals surface area contributed by atoms with Crippen molar-refractivity contribution in [2.24, 2.45) is 5.92 Å². The standard InChI is InChI=1S/C18H23N3O2/c1-13(2)10-23-11-14(3)21-18(22)17-7-5-4-6-16(17)15-8-19-12-20-9-15/h4-9,12-14H,10-11H2,1-3H3,(H,21,22)/t14-/m0/s1. The summed E-state index contributed by atoms with van der Waals surface area (Å²) < 4.78 is 5.57. The van der Waals surface area contributed by atoms with Crippen LogP contribution < -0.4 is 5.32 Å². The summed E-state index contributed by atoms with van der Waals surface area (Å²) in [4.78, 5) is 20.6. The fraction of sp³-hybridized carbons (Fsp3) is 0.389. The minimum absolute atomic E-state index is 0.0543. The molecule has 1 aromatic heterocycles. The van der Waals surface area contributed by atoms with E-state index in [2.05, 4.69) is 29.1 Å². The van der Waals surface area contributed by atoms with Crippen molar-refractivity contribution in [2.45, 2.75) is 26.8 Å². The number of carbonyl (C=O) groups is 1. The maximum Gasteiger partial charge on any atom is 0.252 e. The van der Waals surface area contributed by atoms with Gasteiger partial charge in [0.25, 0.3) is 5.91 Å². The third-order valence-electron chi connectivity index (χ3n) is 3.24. The van der Waals surface area contributed by atoms with E-state index in [-0.39, 0.29) is 11.9 Å². The minimum atomic E-state index is -0.120. The first kappa shape index (κ1) is 17.1. The molecule has 0 spiro atoms. The van der Waals surface area contributed by atoms with Crippen LogP contribution in [-0.4, -0.2) is 35.1 Å². The van der Waals surface area contributed by atoms with Crippen molar-refractivity contribution in [3.8, 4) is 11.1 Å². The molecular formula is C18H23N3O2. The maximum absolute atomic E-state index is 12.5. The molecule has 0 saturated heterocycles. The highest BCUT2D eigenvalue weighted by Crippen LogP contribution is 2.22. The van der Waals surface area contributed by atoms with Gasteiger partial charge in [-0.25, -0.2) is 9.97 Å². The van der Waals surface area contributed by atoms with Gasteiger partial charge in [0.2, 0.25) is 0 Å². The van der Waals surface area contributed by atoms with Gasteiger partial charge in [-0.15, -0.1) is 0 Å². The number of aromatic nitrogens is 2. The highest BCUT2D eigenvalue weighted by Gasteiger charge is 2.15. The molecule has 1 amide bonds. The van der Waals surface area contributed by atoms with Crippen LogP contribution in [0, 0.1) is 5.92 Å². The molecule has 2 aromatic rings. The number of amides is 1. The van der Waals surface area contributed by atoms with Crippen LogP contribution in [0.15, 0.2) is 43.0 Å². The fourth-order valence-corrected chi connectivity index (χ4v) is 2.19. The third-order valence-corrected chi connectivity index (χ3v) is 3.24. The number of ether oxygens (including phenoxy) is 1. The lowest BCUT2D eigenvalue weighted by molar-refractivity contribution is 0.0792. The Labute approximate surface area is 137 Å². The SMILES string of the molecule is CC(C)COC[C@H](C)NC(=O)c1ccccc1-c1cncnc1. The van der Waals surface area contributed by atoms with Crippen LogP contribution in [0.1, 0.15) is 31.1 Å². The second-order valence-electron chi connectivity index (χ2n) is 5.98. The minimum Gasteiger partial charge on any atom is -0.379 e. The average molecular weight is 313 g/mol. The van der Waals surface area contributed by atoms with E-state index < -0.39 is 0 Å². The lowest BCUT2D eigenvalue weighted by atomic mass is 10.0. The summed E-state index contributed by atoms with van der Waals surface area (Å²) in [6.45, 7) is 7.33. The zero-order chi connectivity index (χ0) is 16.7. The van der Waals surface area contributed by atoms with Crippen molar-refractivity contribution < 1.29 is 9.53 Å². The van der Waals surface area contributed by atoms with Gasteiger partial charge in [-0.05, 0) is 24.5 Å². The molecule has 0 bridgehead atoms. The van der Waals surface area contributed by atoms with Crippen molar-refractivity contribution in [2.75, 3.05) is 13.2 Å². The van der Waals surface area contributed by atoms with Crippen molar-refractivity contribution in [1.29, 1.82) is 0 Å². The van der Waals surface area contributed by atoms with Gasteiger partial charge in [-0.2, -0.15) is 0 Å². The fourth-order valence-electron chi connectivity index (χ4n) is 2.19. The molecule has 5 heteroatoms. The quantitative estimate of drug-likeness (QED) is 0.853. The van der Waals surface area contributed by atoms with Gasteiger partial charge in [0.1, 0.15) is 6.33 Å². The first-order valence-corrected chi connectivity index (χ1v) is 7.81. The largest absolute Gasteiger partial charge is 0.379 e. The molecule has 0 radical (unpaired) electrons. The monoisotopic (exact) mass is 313 g/mol. The van der Waals surface area contributed by atoms with Gasteiger partial charge in [0, 0.05) is 36.2 Å². The number of rotatable bonds is 7. The van der Waals surface area contributed by atoms with E-state index in [1.807, 2.05) is 25.1 Å². The van der Waals surface area contributed by atoms with Crippen LogP contribution >= 0.6 is 0 Å². The summed E-state index contributed by atoms with van der Waals surface area (Å²) in [7, 11) is 0. The van der Waals surface area contributed by atoms with E-state index in [0.29, 0.717) is 24.7 Å². The van der Waals surface area contributed by atoms with Crippen LogP contribution in [-0.2, 0) is 4.74 Å². The van der Waals surface area contributed by atoms with E-state index >= 15 is 0 Å². The molecule has 0 aliphatic carbocycles. The van der Waals surface area contributed by atoms with Gasteiger partial charge in [-0.1, -0.05) is 32.0 Å². The Balaban J connectivity index is 2.05. The van der Waals surface area contributed by atoms with Crippen molar-refractivity contribution in [1.82, 2.24) is 15.3 Å². The summed E-state index contributed by atoms with van der Waals surface area (Å²) in [5.41, 5.74) is 2.25. The van der Waals surface area contributed by atoms with Gasteiger partial charge in [0.05, 0.1) is 6.61 Å². The van der Waals surface area contributed by atoms with E-state index in [4.69, 9.17) is 4.74 Å². The molecule has 2 rings (SSSR count). The van der Waals surface area contributed by atoms with Gasteiger partial charge in [0.15, 0.2) is 0 Å². The third kappa shape index (κ3) is 5.14. The molecule has 122 valence electrons. The number of nitrogens with one attached hydrogen (secondary N) is 1. The van der Waals surface area contributed by atoms with E-state index in [9.17, 15) is 4.79 Å². The van der Waals surface area contributed by atoms with Crippen LogP contribution in [0.25, 0.3) is 11.1 Å². The molecule has 1 atom stereocenters. The van der Waals surface area contributed by atoms with E-state index in [0.717, 1.165) is 11.1 Å². The molecule has 5 nitrogen and oxygen atoms in total. The number of hydrogen-bond acceptors (Lipinski definition) is 4. The highest BCUT2D eigenvalue weighted by molar-refractivity contribution is 6.00. The second kappa shape index (κ2) is 8.39. The molecule has 0 fully saturated rings. The van der Waals surface area contributed by atoms with Crippen molar-refractivity contribution >= 4 is 5.91 Å². The van der Waals surface area contributed by atoms with Crippen LogP contribution in [0.3, 0.4) is 0 Å². The Bertz CT molecular complexity index is 629. The number of carbonyl (C=O) groups excluding carboxylic acids is 1. The van der Waals surface area contributed by atoms with Crippen molar-refractivity contribution in [3.63, 3.8) is 0 Å². The lowest BCUT2D eigenvalue weighted by Crippen LogP contribution is -2.36. The predicted molar refractivity (Wildman–Crippen MR) is 90.1 cm³/mol.